The SMILES string of the molecule is CNCCNCc1cn(C)c2ccccc12. The van der Waals surface area contributed by atoms with Crippen molar-refractivity contribution in [3.8, 4) is 0 Å². The summed E-state index contributed by atoms with van der Waals surface area (Å²) in [5.41, 5.74) is 2.67. The summed E-state index contributed by atoms with van der Waals surface area (Å²) in [6, 6.07) is 8.52. The van der Waals surface area contributed by atoms with Gasteiger partial charge >= 0.3 is 0 Å². The van der Waals surface area contributed by atoms with Crippen molar-refractivity contribution in [2.24, 2.45) is 7.05 Å². The highest BCUT2D eigenvalue weighted by atomic mass is 14.9. The number of nitrogens with zero attached hydrogens (tertiary/aromatic N) is 1. The normalized spacial score (nSPS) is 11.1. The maximum Gasteiger partial charge on any atom is 0.0481 e. The van der Waals surface area contributed by atoms with Crippen molar-refractivity contribution >= 4 is 10.9 Å². The number of para-hydroxylation sites is 1. The largest absolute Gasteiger partial charge is 0.350 e. The molecule has 0 radical (unpaired) electrons. The first-order valence-electron chi connectivity index (χ1n) is 5.71. The molecule has 0 fully saturated rings. The lowest BCUT2D eigenvalue weighted by Crippen LogP contribution is -2.24. The average molecular weight is 217 g/mol. The summed E-state index contributed by atoms with van der Waals surface area (Å²) in [6.45, 7) is 2.94. The number of hydrogen-bond donors (Lipinski definition) is 2. The van der Waals surface area contributed by atoms with E-state index in [0.717, 1.165) is 19.6 Å². The molecule has 0 aliphatic carbocycles. The highest BCUT2D eigenvalue weighted by molar-refractivity contribution is 5.83. The van der Waals surface area contributed by atoms with Crippen LogP contribution in [0.3, 0.4) is 0 Å². The van der Waals surface area contributed by atoms with Crippen LogP contribution in [-0.2, 0) is 13.6 Å². The molecular formula is C13H19N3. The second-order valence-corrected chi connectivity index (χ2v) is 4.06. The first kappa shape index (κ1) is 11.2. The Balaban J connectivity index is 2.12. The van der Waals surface area contributed by atoms with Crippen molar-refractivity contribution < 1.29 is 0 Å². The summed E-state index contributed by atoms with van der Waals surface area (Å²) in [4.78, 5) is 0. The van der Waals surface area contributed by atoms with Gasteiger partial charge < -0.3 is 15.2 Å². The van der Waals surface area contributed by atoms with E-state index in [-0.39, 0.29) is 0 Å². The predicted octanol–water partition coefficient (Wildman–Crippen LogP) is 1.49. The van der Waals surface area contributed by atoms with Gasteiger partial charge in [-0.25, -0.2) is 0 Å². The minimum atomic E-state index is 0.934. The number of hydrogen-bond acceptors (Lipinski definition) is 2. The van der Waals surface area contributed by atoms with Crippen LogP contribution in [0.15, 0.2) is 30.5 Å². The fourth-order valence-electron chi connectivity index (χ4n) is 2.00. The lowest BCUT2D eigenvalue weighted by molar-refractivity contribution is 0.651. The molecule has 2 N–H and O–H groups in total. The molecule has 0 amide bonds. The van der Waals surface area contributed by atoms with Gasteiger partial charge in [0.15, 0.2) is 0 Å². The molecule has 2 aromatic rings. The number of aromatic nitrogens is 1. The number of rotatable bonds is 5. The van der Waals surface area contributed by atoms with Gasteiger partial charge in [0.05, 0.1) is 0 Å². The third-order valence-electron chi connectivity index (χ3n) is 2.85. The second kappa shape index (κ2) is 5.14. The lowest BCUT2D eigenvalue weighted by Gasteiger charge is -2.02. The number of aryl methyl sites for hydroxylation is 1. The summed E-state index contributed by atoms with van der Waals surface area (Å²) in [5.74, 6) is 0. The van der Waals surface area contributed by atoms with E-state index < -0.39 is 0 Å². The van der Waals surface area contributed by atoms with E-state index in [4.69, 9.17) is 0 Å². The molecule has 0 aliphatic rings. The predicted molar refractivity (Wildman–Crippen MR) is 68.6 cm³/mol. The van der Waals surface area contributed by atoms with Gasteiger partial charge in [-0.3, -0.25) is 0 Å². The van der Waals surface area contributed by atoms with Crippen molar-refractivity contribution in [1.82, 2.24) is 15.2 Å². The fraction of sp³-hybridized carbons (Fsp3) is 0.385. The van der Waals surface area contributed by atoms with Crippen LogP contribution in [0.1, 0.15) is 5.56 Å². The smallest absolute Gasteiger partial charge is 0.0481 e. The number of benzene rings is 1. The molecule has 1 heterocycles. The molecule has 3 nitrogen and oxygen atoms in total. The Kier molecular flexibility index (Phi) is 3.59. The third kappa shape index (κ3) is 2.26. The molecule has 0 saturated carbocycles. The zero-order chi connectivity index (χ0) is 11.4. The number of likely N-dealkylation sites (N-methyl/N-ethyl adjacent to an activating group) is 1. The van der Waals surface area contributed by atoms with Crippen LogP contribution < -0.4 is 10.6 Å². The van der Waals surface area contributed by atoms with Gasteiger partial charge in [0.2, 0.25) is 0 Å². The standard InChI is InChI=1S/C13H19N3/c1-14-7-8-15-9-11-10-16(2)13-6-4-3-5-12(11)13/h3-6,10,14-15H,7-9H2,1-2H3. The molecule has 1 aromatic heterocycles. The van der Waals surface area contributed by atoms with Gasteiger partial charge in [-0.05, 0) is 18.7 Å². The monoisotopic (exact) mass is 217 g/mol. The molecule has 0 saturated heterocycles. The minimum Gasteiger partial charge on any atom is -0.350 e. The molecule has 0 unspecified atom stereocenters. The molecule has 3 heteroatoms. The van der Waals surface area contributed by atoms with Crippen LogP contribution in [0.2, 0.25) is 0 Å². The van der Waals surface area contributed by atoms with Gasteiger partial charge in [0, 0.05) is 43.8 Å². The van der Waals surface area contributed by atoms with Crippen molar-refractivity contribution in [3.63, 3.8) is 0 Å². The highest BCUT2D eigenvalue weighted by Crippen LogP contribution is 2.19. The molecule has 0 aliphatic heterocycles. The Hall–Kier alpha value is -1.32. The molecular weight excluding hydrogens is 198 g/mol. The zero-order valence-corrected chi connectivity index (χ0v) is 9.96. The highest BCUT2D eigenvalue weighted by Gasteiger charge is 2.04. The van der Waals surface area contributed by atoms with Crippen LogP contribution in [-0.4, -0.2) is 24.7 Å². The minimum absolute atomic E-state index is 0.934. The van der Waals surface area contributed by atoms with Gasteiger partial charge in [0.25, 0.3) is 0 Å². The summed E-state index contributed by atoms with van der Waals surface area (Å²) in [7, 11) is 4.07. The Morgan fingerprint density at radius 2 is 2.00 bits per heavy atom. The van der Waals surface area contributed by atoms with Crippen molar-refractivity contribution in [2.75, 3.05) is 20.1 Å². The average Bonchev–Trinajstić information content (AvgIpc) is 2.63. The Morgan fingerprint density at radius 3 is 2.81 bits per heavy atom. The van der Waals surface area contributed by atoms with Crippen molar-refractivity contribution in [1.29, 1.82) is 0 Å². The van der Waals surface area contributed by atoms with Crippen LogP contribution in [0.4, 0.5) is 0 Å². The van der Waals surface area contributed by atoms with Gasteiger partial charge in [-0.1, -0.05) is 18.2 Å². The van der Waals surface area contributed by atoms with Crippen LogP contribution >= 0.6 is 0 Å². The van der Waals surface area contributed by atoms with Crippen LogP contribution in [0, 0.1) is 0 Å². The van der Waals surface area contributed by atoms with Crippen LogP contribution in [0.5, 0.6) is 0 Å². The number of fused-ring (bicyclic) bond motifs is 1. The molecule has 1 aromatic carbocycles. The summed E-state index contributed by atoms with van der Waals surface area (Å²) in [6.07, 6.45) is 2.21. The molecule has 2 rings (SSSR count). The lowest BCUT2D eigenvalue weighted by atomic mass is 10.2. The first-order chi connectivity index (χ1) is 7.83. The van der Waals surface area contributed by atoms with Crippen LogP contribution in [0.25, 0.3) is 10.9 Å². The first-order valence-corrected chi connectivity index (χ1v) is 5.71. The molecule has 0 atom stereocenters. The van der Waals surface area contributed by atoms with E-state index in [9.17, 15) is 0 Å². The Morgan fingerprint density at radius 1 is 1.19 bits per heavy atom. The Labute approximate surface area is 96.5 Å². The quantitative estimate of drug-likeness (QED) is 0.743. The second-order valence-electron chi connectivity index (χ2n) is 4.06. The Bertz CT molecular complexity index is 459. The summed E-state index contributed by atoms with van der Waals surface area (Å²) >= 11 is 0. The van der Waals surface area contributed by atoms with E-state index in [0.29, 0.717) is 0 Å². The molecule has 0 spiro atoms. The summed E-state index contributed by atoms with van der Waals surface area (Å²) in [5, 5.41) is 7.91. The zero-order valence-electron chi connectivity index (χ0n) is 9.96. The van der Waals surface area contributed by atoms with Crippen molar-refractivity contribution in [2.45, 2.75) is 6.54 Å². The number of nitrogens with one attached hydrogen (secondary N) is 2. The van der Waals surface area contributed by atoms with E-state index in [1.54, 1.807) is 0 Å². The van der Waals surface area contributed by atoms with Gasteiger partial charge in [-0.15, -0.1) is 0 Å². The van der Waals surface area contributed by atoms with Gasteiger partial charge in [0.1, 0.15) is 0 Å². The van der Waals surface area contributed by atoms with E-state index >= 15 is 0 Å². The maximum absolute atomic E-state index is 3.43. The molecule has 16 heavy (non-hydrogen) atoms. The summed E-state index contributed by atoms with van der Waals surface area (Å²) < 4.78 is 2.18. The molecule has 86 valence electrons. The van der Waals surface area contributed by atoms with E-state index in [2.05, 4.69) is 52.7 Å². The van der Waals surface area contributed by atoms with E-state index in [1.807, 2.05) is 7.05 Å². The topological polar surface area (TPSA) is 29.0 Å². The fourth-order valence-corrected chi connectivity index (χ4v) is 2.00. The van der Waals surface area contributed by atoms with Gasteiger partial charge in [-0.2, -0.15) is 0 Å². The molecule has 0 bridgehead atoms. The van der Waals surface area contributed by atoms with E-state index in [1.165, 1.54) is 16.5 Å². The maximum atomic E-state index is 3.43. The third-order valence-corrected chi connectivity index (χ3v) is 2.85. The van der Waals surface area contributed by atoms with Crippen molar-refractivity contribution in [3.05, 3.63) is 36.0 Å².